The predicted molar refractivity (Wildman–Crippen MR) is 98.5 cm³/mol. The molecule has 0 amide bonds. The number of rotatable bonds is 5. The third-order valence-corrected chi connectivity index (χ3v) is 3.89. The van der Waals surface area contributed by atoms with Crippen LogP contribution in [-0.4, -0.2) is 22.5 Å². The normalized spacial score (nSPS) is 10.6. The molecule has 0 bridgehead atoms. The smallest absolute Gasteiger partial charge is 0.376 e. The predicted octanol–water partition coefficient (Wildman–Crippen LogP) is 3.36. The van der Waals surface area contributed by atoms with Crippen molar-refractivity contribution in [3.8, 4) is 11.5 Å². The number of carbonyl (C=O) groups is 1. The summed E-state index contributed by atoms with van der Waals surface area (Å²) in [5.41, 5.74) is -1.29. The molecule has 27 heavy (non-hydrogen) atoms. The molecule has 1 aromatic heterocycles. The third-order valence-electron chi connectivity index (χ3n) is 3.89. The standard InChI is InChI=1S/C19H16N2O6/c1-3-26-14-9-8-12-6-4-5-7-13(12)16(14)19(23)27-15-10-11(2)20-18(22)17(15)21(24)25/h4-10H,3H2,1-2H3,(H,20,22). The van der Waals surface area contributed by atoms with Crippen molar-refractivity contribution in [2.75, 3.05) is 6.61 Å². The Morgan fingerprint density at radius 1 is 1.19 bits per heavy atom. The van der Waals surface area contributed by atoms with E-state index < -0.39 is 27.9 Å². The van der Waals surface area contributed by atoms with E-state index >= 15 is 0 Å². The van der Waals surface area contributed by atoms with Crippen LogP contribution in [0.4, 0.5) is 5.69 Å². The van der Waals surface area contributed by atoms with Crippen molar-refractivity contribution < 1.29 is 19.2 Å². The summed E-state index contributed by atoms with van der Waals surface area (Å²) >= 11 is 0. The van der Waals surface area contributed by atoms with Gasteiger partial charge in [0, 0.05) is 11.8 Å². The second-order valence-corrected chi connectivity index (χ2v) is 5.73. The lowest BCUT2D eigenvalue weighted by Gasteiger charge is -2.13. The van der Waals surface area contributed by atoms with Crippen molar-refractivity contribution in [1.29, 1.82) is 0 Å². The van der Waals surface area contributed by atoms with E-state index in [-0.39, 0.29) is 5.56 Å². The second kappa shape index (κ2) is 7.28. The van der Waals surface area contributed by atoms with E-state index in [1.165, 1.54) is 13.0 Å². The van der Waals surface area contributed by atoms with Gasteiger partial charge in [0.05, 0.1) is 11.5 Å². The Bertz CT molecular complexity index is 1100. The van der Waals surface area contributed by atoms with E-state index in [0.29, 0.717) is 23.4 Å². The number of aromatic amines is 1. The molecule has 0 unspecified atom stereocenters. The maximum Gasteiger partial charge on any atom is 0.376 e. The van der Waals surface area contributed by atoms with E-state index in [1.807, 2.05) is 12.1 Å². The molecule has 8 nitrogen and oxygen atoms in total. The molecule has 2 aromatic carbocycles. The minimum Gasteiger partial charge on any atom is -0.493 e. The number of aromatic nitrogens is 1. The number of nitrogens with one attached hydrogen (secondary N) is 1. The van der Waals surface area contributed by atoms with Crippen LogP contribution in [0.5, 0.6) is 11.5 Å². The van der Waals surface area contributed by atoms with Gasteiger partial charge >= 0.3 is 17.2 Å². The van der Waals surface area contributed by atoms with Gasteiger partial charge in [-0.15, -0.1) is 0 Å². The highest BCUT2D eigenvalue weighted by Crippen LogP contribution is 2.31. The van der Waals surface area contributed by atoms with Crippen LogP contribution in [0, 0.1) is 17.0 Å². The van der Waals surface area contributed by atoms with Gasteiger partial charge in [0.15, 0.2) is 0 Å². The number of hydrogen-bond donors (Lipinski definition) is 1. The second-order valence-electron chi connectivity index (χ2n) is 5.73. The van der Waals surface area contributed by atoms with Gasteiger partial charge < -0.3 is 14.5 Å². The Morgan fingerprint density at radius 2 is 1.93 bits per heavy atom. The molecule has 0 saturated heterocycles. The lowest BCUT2D eigenvalue weighted by Crippen LogP contribution is -2.18. The molecular formula is C19H16N2O6. The summed E-state index contributed by atoms with van der Waals surface area (Å²) in [6.07, 6.45) is 0. The first kappa shape index (κ1) is 18.1. The number of carbonyl (C=O) groups excluding carboxylic acids is 1. The Balaban J connectivity index is 2.14. The molecule has 0 fully saturated rings. The summed E-state index contributed by atoms with van der Waals surface area (Å²) in [6.45, 7) is 3.63. The van der Waals surface area contributed by atoms with Crippen molar-refractivity contribution in [2.24, 2.45) is 0 Å². The Labute approximate surface area is 153 Å². The molecule has 0 aliphatic carbocycles. The van der Waals surface area contributed by atoms with Crippen LogP contribution in [-0.2, 0) is 0 Å². The molecule has 0 aliphatic heterocycles. The minimum absolute atomic E-state index is 0.141. The zero-order valence-corrected chi connectivity index (χ0v) is 14.6. The lowest BCUT2D eigenvalue weighted by atomic mass is 10.0. The van der Waals surface area contributed by atoms with Gasteiger partial charge in [-0.2, -0.15) is 0 Å². The molecule has 3 aromatic rings. The molecule has 1 heterocycles. The van der Waals surface area contributed by atoms with Crippen LogP contribution in [0.2, 0.25) is 0 Å². The molecule has 3 rings (SSSR count). The van der Waals surface area contributed by atoms with Crippen molar-refractivity contribution in [2.45, 2.75) is 13.8 Å². The molecule has 0 saturated carbocycles. The minimum atomic E-state index is -0.939. The van der Waals surface area contributed by atoms with Crippen molar-refractivity contribution in [3.05, 3.63) is 74.2 Å². The summed E-state index contributed by atoms with van der Waals surface area (Å²) in [4.78, 5) is 37.4. The van der Waals surface area contributed by atoms with Gasteiger partial charge in [-0.1, -0.05) is 30.3 Å². The number of esters is 1. The van der Waals surface area contributed by atoms with E-state index in [0.717, 1.165) is 5.39 Å². The van der Waals surface area contributed by atoms with Crippen LogP contribution in [0.25, 0.3) is 10.8 Å². The number of hydrogen-bond acceptors (Lipinski definition) is 6. The fraction of sp³-hybridized carbons (Fsp3) is 0.158. The van der Waals surface area contributed by atoms with Crippen LogP contribution >= 0.6 is 0 Å². The molecule has 8 heteroatoms. The zero-order chi connectivity index (χ0) is 19.6. The SMILES string of the molecule is CCOc1ccc2ccccc2c1C(=O)Oc1cc(C)[nH]c(=O)c1[N+](=O)[O-]. The number of nitrogens with zero attached hydrogens (tertiary/aromatic N) is 1. The van der Waals surface area contributed by atoms with Crippen molar-refractivity contribution >= 4 is 22.4 Å². The number of fused-ring (bicyclic) bond motifs is 1. The highest BCUT2D eigenvalue weighted by molar-refractivity contribution is 6.07. The van der Waals surface area contributed by atoms with E-state index in [1.54, 1.807) is 31.2 Å². The van der Waals surface area contributed by atoms with Crippen LogP contribution in [0.15, 0.2) is 47.3 Å². The first-order valence-corrected chi connectivity index (χ1v) is 8.17. The van der Waals surface area contributed by atoms with Crippen molar-refractivity contribution in [1.82, 2.24) is 4.98 Å². The Kier molecular flexibility index (Phi) is 4.89. The van der Waals surface area contributed by atoms with Gasteiger partial charge in [-0.25, -0.2) is 4.79 Å². The van der Waals surface area contributed by atoms with E-state index in [9.17, 15) is 19.7 Å². The molecule has 0 radical (unpaired) electrons. The summed E-state index contributed by atoms with van der Waals surface area (Å²) in [5.74, 6) is -0.963. The number of benzene rings is 2. The number of aryl methyl sites for hydroxylation is 1. The molecule has 1 N–H and O–H groups in total. The first-order valence-electron chi connectivity index (χ1n) is 8.17. The van der Waals surface area contributed by atoms with Crippen LogP contribution in [0.3, 0.4) is 0 Å². The molecular weight excluding hydrogens is 352 g/mol. The van der Waals surface area contributed by atoms with Crippen LogP contribution in [0.1, 0.15) is 23.0 Å². The van der Waals surface area contributed by atoms with E-state index in [2.05, 4.69) is 4.98 Å². The average molecular weight is 368 g/mol. The Morgan fingerprint density at radius 3 is 2.63 bits per heavy atom. The van der Waals surface area contributed by atoms with Gasteiger partial charge in [0.2, 0.25) is 5.75 Å². The fourth-order valence-electron chi connectivity index (χ4n) is 2.79. The summed E-state index contributed by atoms with van der Waals surface area (Å²) in [5, 5.41) is 12.6. The highest BCUT2D eigenvalue weighted by Gasteiger charge is 2.26. The monoisotopic (exact) mass is 368 g/mol. The summed E-state index contributed by atoms with van der Waals surface area (Å²) in [6, 6.07) is 11.8. The maximum absolute atomic E-state index is 12.9. The average Bonchev–Trinajstić information content (AvgIpc) is 2.60. The molecule has 138 valence electrons. The highest BCUT2D eigenvalue weighted by atomic mass is 16.6. The third kappa shape index (κ3) is 3.50. The molecule has 0 atom stereocenters. The largest absolute Gasteiger partial charge is 0.493 e. The number of ether oxygens (including phenoxy) is 2. The topological polar surface area (TPSA) is 112 Å². The van der Waals surface area contributed by atoms with Crippen LogP contribution < -0.4 is 15.0 Å². The first-order chi connectivity index (χ1) is 12.9. The van der Waals surface area contributed by atoms with Gasteiger partial charge in [-0.3, -0.25) is 14.9 Å². The van der Waals surface area contributed by atoms with Gasteiger partial charge in [-0.05, 0) is 30.7 Å². The van der Waals surface area contributed by atoms with Gasteiger partial charge in [0.1, 0.15) is 11.3 Å². The zero-order valence-electron chi connectivity index (χ0n) is 14.6. The number of nitro groups is 1. The van der Waals surface area contributed by atoms with Crippen molar-refractivity contribution in [3.63, 3.8) is 0 Å². The fourth-order valence-corrected chi connectivity index (χ4v) is 2.79. The quantitative estimate of drug-likeness (QED) is 0.420. The number of pyridine rings is 1. The molecule has 0 spiro atoms. The summed E-state index contributed by atoms with van der Waals surface area (Å²) < 4.78 is 10.8. The summed E-state index contributed by atoms with van der Waals surface area (Å²) in [7, 11) is 0. The lowest BCUT2D eigenvalue weighted by molar-refractivity contribution is -0.387. The molecule has 0 aliphatic rings. The maximum atomic E-state index is 12.9. The Hall–Kier alpha value is -3.68. The van der Waals surface area contributed by atoms with E-state index in [4.69, 9.17) is 9.47 Å². The number of H-pyrrole nitrogens is 1. The van der Waals surface area contributed by atoms with Gasteiger partial charge in [0.25, 0.3) is 0 Å².